The predicted octanol–water partition coefficient (Wildman–Crippen LogP) is 2.32. The third-order valence-corrected chi connectivity index (χ3v) is 4.28. The van der Waals surface area contributed by atoms with Gasteiger partial charge in [-0.15, -0.1) is 0 Å². The van der Waals surface area contributed by atoms with Crippen LogP contribution >= 0.6 is 0 Å². The van der Waals surface area contributed by atoms with Crippen molar-refractivity contribution in [1.82, 2.24) is 10.0 Å². The summed E-state index contributed by atoms with van der Waals surface area (Å²) in [5.74, 6) is -0.364. The highest BCUT2D eigenvalue weighted by molar-refractivity contribution is 7.89. The molecule has 0 radical (unpaired) electrons. The molecule has 20 heavy (non-hydrogen) atoms. The van der Waals surface area contributed by atoms with E-state index >= 15 is 0 Å². The Hall–Kier alpha value is -0.980. The van der Waals surface area contributed by atoms with Crippen LogP contribution in [0.4, 0.5) is 4.39 Å². The summed E-state index contributed by atoms with van der Waals surface area (Å²) in [6.07, 6.45) is 0. The largest absolute Gasteiger partial charge is 0.308 e. The summed E-state index contributed by atoms with van der Waals surface area (Å²) >= 11 is 0. The van der Waals surface area contributed by atoms with Gasteiger partial charge in [-0.1, -0.05) is 6.92 Å². The second-order valence-corrected chi connectivity index (χ2v) is 7.59. The van der Waals surface area contributed by atoms with Gasteiger partial charge in [-0.25, -0.2) is 17.5 Å². The normalized spacial score (nSPS) is 12.7. The summed E-state index contributed by atoms with van der Waals surface area (Å²) < 4.78 is 40.5. The fourth-order valence-electron chi connectivity index (χ4n) is 1.72. The predicted molar refractivity (Wildman–Crippen MR) is 78.6 cm³/mol. The molecule has 6 heteroatoms. The van der Waals surface area contributed by atoms with E-state index in [1.54, 1.807) is 13.8 Å². The second kappa shape index (κ2) is 6.20. The Labute approximate surface area is 120 Å². The van der Waals surface area contributed by atoms with Crippen LogP contribution in [-0.4, -0.2) is 20.5 Å². The highest BCUT2D eigenvalue weighted by Gasteiger charge is 2.18. The standard InChI is InChI=1S/C14H23FN2O2S/c1-6-17-20(18,19)12-7-10(2)13(15)11(8-12)9-16-14(3,4)5/h7-8,16-17H,6,9H2,1-5H3. The number of hydrogen-bond acceptors (Lipinski definition) is 3. The quantitative estimate of drug-likeness (QED) is 0.877. The maximum atomic E-state index is 14.1. The van der Waals surface area contributed by atoms with Crippen LogP contribution in [-0.2, 0) is 16.6 Å². The van der Waals surface area contributed by atoms with Crippen LogP contribution in [0.15, 0.2) is 17.0 Å². The molecule has 0 aromatic heterocycles. The monoisotopic (exact) mass is 302 g/mol. The summed E-state index contributed by atoms with van der Waals surface area (Å²) in [5.41, 5.74) is 0.516. The molecule has 0 fully saturated rings. The average Bonchev–Trinajstić information content (AvgIpc) is 2.29. The zero-order chi connectivity index (χ0) is 15.6. The van der Waals surface area contributed by atoms with Crippen LogP contribution in [0.1, 0.15) is 38.8 Å². The summed E-state index contributed by atoms with van der Waals surface area (Å²) in [4.78, 5) is 0.101. The molecule has 1 aromatic rings. The van der Waals surface area contributed by atoms with Gasteiger partial charge < -0.3 is 5.32 Å². The van der Waals surface area contributed by atoms with E-state index < -0.39 is 10.0 Å². The Bertz CT molecular complexity index is 578. The number of sulfonamides is 1. The first-order valence-corrected chi connectivity index (χ1v) is 8.09. The Balaban J connectivity index is 3.16. The van der Waals surface area contributed by atoms with Crippen LogP contribution in [0.2, 0.25) is 0 Å². The fourth-order valence-corrected chi connectivity index (χ4v) is 2.90. The van der Waals surface area contributed by atoms with Gasteiger partial charge in [-0.3, -0.25) is 0 Å². The zero-order valence-electron chi connectivity index (χ0n) is 12.7. The lowest BCUT2D eigenvalue weighted by atomic mass is 10.1. The SMILES string of the molecule is CCNS(=O)(=O)c1cc(C)c(F)c(CNC(C)(C)C)c1. The van der Waals surface area contributed by atoms with Crippen LogP contribution < -0.4 is 10.0 Å². The molecular formula is C14H23FN2O2S. The minimum Gasteiger partial charge on any atom is -0.308 e. The van der Waals surface area contributed by atoms with Crippen molar-refractivity contribution in [1.29, 1.82) is 0 Å². The van der Waals surface area contributed by atoms with Gasteiger partial charge in [0, 0.05) is 24.2 Å². The van der Waals surface area contributed by atoms with Gasteiger partial charge in [0.05, 0.1) is 4.90 Å². The maximum Gasteiger partial charge on any atom is 0.240 e. The first-order chi connectivity index (χ1) is 9.07. The topological polar surface area (TPSA) is 58.2 Å². The molecule has 0 unspecified atom stereocenters. The smallest absolute Gasteiger partial charge is 0.240 e. The van der Waals surface area contributed by atoms with Crippen LogP contribution in [0.25, 0.3) is 0 Å². The number of hydrogen-bond donors (Lipinski definition) is 2. The van der Waals surface area contributed by atoms with E-state index in [1.807, 2.05) is 20.8 Å². The molecule has 2 N–H and O–H groups in total. The van der Waals surface area contributed by atoms with E-state index in [9.17, 15) is 12.8 Å². The van der Waals surface area contributed by atoms with Crippen molar-refractivity contribution in [2.75, 3.05) is 6.54 Å². The molecule has 0 amide bonds. The molecule has 0 spiro atoms. The van der Waals surface area contributed by atoms with Crippen molar-refractivity contribution in [3.8, 4) is 0 Å². The molecule has 0 aliphatic heterocycles. The van der Waals surface area contributed by atoms with E-state index in [2.05, 4.69) is 10.0 Å². The molecular weight excluding hydrogens is 279 g/mol. The third kappa shape index (κ3) is 4.54. The third-order valence-electron chi connectivity index (χ3n) is 2.76. The Morgan fingerprint density at radius 3 is 2.35 bits per heavy atom. The minimum absolute atomic E-state index is 0.101. The average molecular weight is 302 g/mol. The summed E-state index contributed by atoms with van der Waals surface area (Å²) in [6.45, 7) is 9.77. The van der Waals surface area contributed by atoms with Gasteiger partial charge in [0.25, 0.3) is 0 Å². The van der Waals surface area contributed by atoms with Gasteiger partial charge in [-0.05, 0) is 45.4 Å². The summed E-state index contributed by atoms with van der Waals surface area (Å²) in [6, 6.07) is 2.74. The molecule has 114 valence electrons. The first-order valence-electron chi connectivity index (χ1n) is 6.60. The van der Waals surface area contributed by atoms with Crippen molar-refractivity contribution < 1.29 is 12.8 Å². The van der Waals surface area contributed by atoms with Crippen LogP contribution in [0.3, 0.4) is 0 Å². The van der Waals surface area contributed by atoms with Crippen LogP contribution in [0.5, 0.6) is 0 Å². The number of nitrogens with one attached hydrogen (secondary N) is 2. The molecule has 0 saturated carbocycles. The van der Waals surface area contributed by atoms with Crippen LogP contribution in [0, 0.1) is 12.7 Å². The van der Waals surface area contributed by atoms with Crippen molar-refractivity contribution in [3.63, 3.8) is 0 Å². The molecule has 0 saturated heterocycles. The summed E-state index contributed by atoms with van der Waals surface area (Å²) in [5, 5.41) is 3.16. The van der Waals surface area contributed by atoms with Gasteiger partial charge in [0.15, 0.2) is 0 Å². The zero-order valence-corrected chi connectivity index (χ0v) is 13.5. The Kier molecular flexibility index (Phi) is 5.29. The van der Waals surface area contributed by atoms with E-state index in [1.165, 1.54) is 12.1 Å². The van der Waals surface area contributed by atoms with Crippen molar-refractivity contribution in [2.24, 2.45) is 0 Å². The Morgan fingerprint density at radius 2 is 1.85 bits per heavy atom. The molecule has 0 bridgehead atoms. The second-order valence-electron chi connectivity index (χ2n) is 5.82. The number of aryl methyl sites for hydroxylation is 1. The van der Waals surface area contributed by atoms with Crippen molar-refractivity contribution in [2.45, 2.75) is 51.6 Å². The lowest BCUT2D eigenvalue weighted by molar-refractivity contribution is 0.418. The lowest BCUT2D eigenvalue weighted by Gasteiger charge is -2.21. The molecule has 1 aromatic carbocycles. The van der Waals surface area contributed by atoms with Gasteiger partial charge in [-0.2, -0.15) is 0 Å². The molecule has 0 atom stereocenters. The van der Waals surface area contributed by atoms with Gasteiger partial charge in [0.1, 0.15) is 5.82 Å². The maximum absolute atomic E-state index is 14.1. The summed E-state index contributed by atoms with van der Waals surface area (Å²) in [7, 11) is -3.57. The number of benzene rings is 1. The van der Waals surface area contributed by atoms with Crippen molar-refractivity contribution >= 4 is 10.0 Å². The highest BCUT2D eigenvalue weighted by atomic mass is 32.2. The molecule has 1 rings (SSSR count). The fraction of sp³-hybridized carbons (Fsp3) is 0.571. The highest BCUT2D eigenvalue weighted by Crippen LogP contribution is 2.20. The van der Waals surface area contributed by atoms with E-state index in [0.717, 1.165) is 0 Å². The number of halogens is 1. The number of rotatable bonds is 5. The first kappa shape index (κ1) is 17.1. The van der Waals surface area contributed by atoms with E-state index in [-0.39, 0.29) is 22.8 Å². The van der Waals surface area contributed by atoms with E-state index in [0.29, 0.717) is 17.7 Å². The van der Waals surface area contributed by atoms with Gasteiger partial charge >= 0.3 is 0 Å². The lowest BCUT2D eigenvalue weighted by Crippen LogP contribution is -2.35. The minimum atomic E-state index is -3.57. The Morgan fingerprint density at radius 1 is 1.25 bits per heavy atom. The van der Waals surface area contributed by atoms with Gasteiger partial charge in [0.2, 0.25) is 10.0 Å². The molecule has 0 aliphatic carbocycles. The van der Waals surface area contributed by atoms with E-state index in [4.69, 9.17) is 0 Å². The molecule has 0 aliphatic rings. The molecule has 0 heterocycles. The molecule has 4 nitrogen and oxygen atoms in total. The van der Waals surface area contributed by atoms with Crippen molar-refractivity contribution in [3.05, 3.63) is 29.1 Å².